The van der Waals surface area contributed by atoms with Crippen molar-refractivity contribution in [2.75, 3.05) is 18.1 Å². The average Bonchev–Trinajstić information content (AvgIpc) is 3.24. The summed E-state index contributed by atoms with van der Waals surface area (Å²) in [6, 6.07) is 21.2. The van der Waals surface area contributed by atoms with Crippen molar-refractivity contribution in [1.29, 1.82) is 10.5 Å². The van der Waals surface area contributed by atoms with Gasteiger partial charge in [0, 0.05) is 29.3 Å². The number of hydrogen-bond acceptors (Lipinski definition) is 7. The van der Waals surface area contributed by atoms with Crippen molar-refractivity contribution in [3.8, 4) is 23.6 Å². The van der Waals surface area contributed by atoms with E-state index in [1.807, 2.05) is 61.2 Å². The number of carbonyl (C=O) groups is 1. The van der Waals surface area contributed by atoms with Crippen LogP contribution < -0.4 is 14.4 Å². The fourth-order valence-electron chi connectivity index (χ4n) is 5.54. The van der Waals surface area contributed by atoms with Crippen LogP contribution in [-0.4, -0.2) is 36.1 Å². The Bertz CT molecular complexity index is 1420. The third-order valence-corrected chi connectivity index (χ3v) is 7.03. The molecule has 0 radical (unpaired) electrons. The molecule has 0 aliphatic carbocycles. The molecule has 1 aromatic heterocycles. The first-order valence-electron chi connectivity index (χ1n) is 12.3. The van der Waals surface area contributed by atoms with Crippen LogP contribution in [0, 0.1) is 28.1 Å². The summed E-state index contributed by atoms with van der Waals surface area (Å²) in [5, 5.41) is 21.3. The summed E-state index contributed by atoms with van der Waals surface area (Å²) < 4.78 is 11.7. The molecule has 2 aromatic carbocycles. The molecule has 0 bridgehead atoms. The highest BCUT2D eigenvalue weighted by atomic mass is 16.5. The molecule has 5 rings (SSSR count). The van der Waals surface area contributed by atoms with E-state index < -0.39 is 23.4 Å². The summed E-state index contributed by atoms with van der Waals surface area (Å²) >= 11 is 0. The molecule has 2 aliphatic rings. The van der Waals surface area contributed by atoms with Gasteiger partial charge in [-0.15, -0.1) is 0 Å². The lowest BCUT2D eigenvalue weighted by atomic mass is 9.69. The fourth-order valence-corrected chi connectivity index (χ4v) is 5.54. The number of nitriles is 2. The molecule has 1 fully saturated rings. The van der Waals surface area contributed by atoms with Crippen LogP contribution in [0.4, 0.5) is 5.69 Å². The minimum Gasteiger partial charge on any atom is -0.494 e. The Kier molecular flexibility index (Phi) is 6.38. The maximum Gasteiger partial charge on any atom is 0.185 e. The van der Waals surface area contributed by atoms with Gasteiger partial charge in [0.05, 0.1) is 42.8 Å². The summed E-state index contributed by atoms with van der Waals surface area (Å²) in [7, 11) is 0. The van der Waals surface area contributed by atoms with Crippen molar-refractivity contribution in [1.82, 2.24) is 4.98 Å². The predicted octanol–water partition coefficient (Wildman–Crippen LogP) is 5.16. The number of carbonyl (C=O) groups excluding carboxylic acids is 1. The number of anilines is 1. The van der Waals surface area contributed by atoms with Crippen LogP contribution in [0.1, 0.15) is 41.4 Å². The van der Waals surface area contributed by atoms with Gasteiger partial charge in [0.1, 0.15) is 17.5 Å². The van der Waals surface area contributed by atoms with Crippen molar-refractivity contribution in [3.05, 3.63) is 89.8 Å². The standard InChI is InChI=1S/C30H26N4O3/c1-3-36-21-12-13-22(25(17-21)37-4-2)27-28(29(35)20-9-6-5-7-10-20)34-24-11-8-16-33-23(24)14-15-26(34)30(27,18-31)19-32/h5-17,26-28H,3-4H2,1-2H3. The highest BCUT2D eigenvalue weighted by Crippen LogP contribution is 2.57. The van der Waals surface area contributed by atoms with E-state index in [9.17, 15) is 15.3 Å². The SMILES string of the molecule is CCOc1ccc(C2C(C(=O)c3ccccc3)N3c4cccnc4C=CC3C2(C#N)C#N)c(OCC)c1. The van der Waals surface area contributed by atoms with Gasteiger partial charge in [-0.25, -0.2) is 0 Å². The van der Waals surface area contributed by atoms with Gasteiger partial charge in [-0.2, -0.15) is 10.5 Å². The third-order valence-electron chi connectivity index (χ3n) is 7.03. The van der Waals surface area contributed by atoms with E-state index in [1.54, 1.807) is 36.5 Å². The molecule has 1 saturated heterocycles. The number of fused-ring (bicyclic) bond motifs is 3. The first-order valence-corrected chi connectivity index (χ1v) is 12.3. The van der Waals surface area contributed by atoms with Crippen molar-refractivity contribution in [2.45, 2.75) is 31.8 Å². The zero-order valence-corrected chi connectivity index (χ0v) is 20.7. The molecule has 7 nitrogen and oxygen atoms in total. The van der Waals surface area contributed by atoms with Crippen LogP contribution in [0.15, 0.2) is 72.9 Å². The minimum absolute atomic E-state index is 0.176. The molecular formula is C30H26N4O3. The van der Waals surface area contributed by atoms with E-state index >= 15 is 0 Å². The van der Waals surface area contributed by atoms with Gasteiger partial charge in [-0.1, -0.05) is 42.5 Å². The summed E-state index contributed by atoms with van der Waals surface area (Å²) in [4.78, 5) is 20.7. The Labute approximate surface area is 216 Å². The molecular weight excluding hydrogens is 464 g/mol. The van der Waals surface area contributed by atoms with Crippen molar-refractivity contribution in [3.63, 3.8) is 0 Å². The third kappa shape index (κ3) is 3.80. The van der Waals surface area contributed by atoms with E-state index in [0.29, 0.717) is 47.2 Å². The monoisotopic (exact) mass is 490 g/mol. The van der Waals surface area contributed by atoms with Crippen molar-refractivity contribution in [2.24, 2.45) is 5.41 Å². The van der Waals surface area contributed by atoms with Gasteiger partial charge >= 0.3 is 0 Å². The molecule has 3 atom stereocenters. The molecule has 3 unspecified atom stereocenters. The lowest BCUT2D eigenvalue weighted by Gasteiger charge is -2.34. The molecule has 184 valence electrons. The second-order valence-electron chi connectivity index (χ2n) is 8.93. The Morgan fingerprint density at radius 2 is 1.78 bits per heavy atom. The number of ketones is 1. The van der Waals surface area contributed by atoms with E-state index in [1.165, 1.54) is 0 Å². The molecule has 0 amide bonds. The largest absolute Gasteiger partial charge is 0.494 e. The predicted molar refractivity (Wildman–Crippen MR) is 139 cm³/mol. The zero-order valence-electron chi connectivity index (χ0n) is 20.7. The number of rotatable bonds is 7. The Morgan fingerprint density at radius 1 is 1.03 bits per heavy atom. The summed E-state index contributed by atoms with van der Waals surface area (Å²) in [6.45, 7) is 4.62. The number of hydrogen-bond donors (Lipinski definition) is 0. The van der Waals surface area contributed by atoms with E-state index in [-0.39, 0.29) is 5.78 Å². The smallest absolute Gasteiger partial charge is 0.185 e. The average molecular weight is 491 g/mol. The summed E-state index contributed by atoms with van der Waals surface area (Å²) in [6.07, 6.45) is 5.34. The van der Waals surface area contributed by atoms with Crippen LogP contribution in [0.3, 0.4) is 0 Å². The molecule has 37 heavy (non-hydrogen) atoms. The van der Waals surface area contributed by atoms with Gasteiger partial charge in [-0.05, 0) is 38.1 Å². The van der Waals surface area contributed by atoms with E-state index in [4.69, 9.17) is 9.47 Å². The fraction of sp³-hybridized carbons (Fsp3) is 0.267. The second-order valence-corrected chi connectivity index (χ2v) is 8.93. The second kappa shape index (κ2) is 9.79. The minimum atomic E-state index is -1.57. The lowest BCUT2D eigenvalue weighted by Crippen LogP contribution is -2.44. The number of nitrogens with zero attached hydrogens (tertiary/aromatic N) is 4. The van der Waals surface area contributed by atoms with E-state index in [2.05, 4.69) is 17.1 Å². The molecule has 0 spiro atoms. The van der Waals surface area contributed by atoms with Crippen LogP contribution in [0.5, 0.6) is 11.5 Å². The zero-order chi connectivity index (χ0) is 26.0. The summed E-state index contributed by atoms with van der Waals surface area (Å²) in [5.41, 5.74) is 0.957. The first kappa shape index (κ1) is 24.1. The van der Waals surface area contributed by atoms with Gasteiger partial charge in [0.15, 0.2) is 11.2 Å². The van der Waals surface area contributed by atoms with Gasteiger partial charge in [0.25, 0.3) is 0 Å². The highest BCUT2D eigenvalue weighted by Gasteiger charge is 2.64. The Hall–Kier alpha value is -4.62. The highest BCUT2D eigenvalue weighted by molar-refractivity contribution is 6.04. The van der Waals surface area contributed by atoms with Crippen LogP contribution in [0.2, 0.25) is 0 Å². The van der Waals surface area contributed by atoms with Crippen LogP contribution in [-0.2, 0) is 0 Å². The van der Waals surface area contributed by atoms with Gasteiger partial charge in [0.2, 0.25) is 0 Å². The maximum absolute atomic E-state index is 14.3. The van der Waals surface area contributed by atoms with Crippen LogP contribution in [0.25, 0.3) is 6.08 Å². The topological polar surface area (TPSA) is 99.2 Å². The number of Topliss-reactive ketones (excluding diaryl/α,β-unsaturated/α-hetero) is 1. The van der Waals surface area contributed by atoms with Gasteiger partial charge in [-0.3, -0.25) is 9.78 Å². The number of pyridine rings is 1. The molecule has 3 heterocycles. The number of aromatic nitrogens is 1. The number of ether oxygens (including phenoxy) is 2. The molecule has 3 aromatic rings. The lowest BCUT2D eigenvalue weighted by molar-refractivity contribution is 0.0950. The quantitative estimate of drug-likeness (QED) is 0.422. The Balaban J connectivity index is 1.79. The Morgan fingerprint density at radius 3 is 2.49 bits per heavy atom. The summed E-state index contributed by atoms with van der Waals surface area (Å²) in [5.74, 6) is 0.123. The van der Waals surface area contributed by atoms with Crippen LogP contribution >= 0.6 is 0 Å². The molecule has 0 saturated carbocycles. The number of benzene rings is 2. The molecule has 0 N–H and O–H groups in total. The van der Waals surface area contributed by atoms with E-state index in [0.717, 1.165) is 0 Å². The van der Waals surface area contributed by atoms with Crippen molar-refractivity contribution >= 4 is 17.5 Å². The molecule has 7 heteroatoms. The van der Waals surface area contributed by atoms with Crippen molar-refractivity contribution < 1.29 is 14.3 Å². The maximum atomic E-state index is 14.3. The van der Waals surface area contributed by atoms with Gasteiger partial charge < -0.3 is 14.4 Å². The first-order chi connectivity index (χ1) is 18.1. The normalized spacial score (nSPS) is 20.8. The molecule has 2 aliphatic heterocycles.